The Morgan fingerprint density at radius 2 is 1.92 bits per heavy atom. The number of nitrogens with one attached hydrogen (secondary N) is 1. The molecule has 0 saturated heterocycles. The van der Waals surface area contributed by atoms with Crippen LogP contribution in [0, 0.1) is 13.8 Å². The molecule has 1 heterocycles. The van der Waals surface area contributed by atoms with Crippen LogP contribution in [-0.2, 0) is 16.0 Å². The molecule has 0 fully saturated rings. The van der Waals surface area contributed by atoms with Crippen LogP contribution in [-0.4, -0.2) is 25.1 Å². The van der Waals surface area contributed by atoms with Crippen molar-refractivity contribution in [1.29, 1.82) is 0 Å². The molecule has 0 saturated carbocycles. The fourth-order valence-electron chi connectivity index (χ4n) is 2.34. The summed E-state index contributed by atoms with van der Waals surface area (Å²) in [5, 5.41) is 3.26. The minimum absolute atomic E-state index is 0.120. The third-order valence-electron chi connectivity index (χ3n) is 3.57. The van der Waals surface area contributed by atoms with Gasteiger partial charge in [0.05, 0.1) is 12.2 Å². The molecule has 2 aromatic rings. The van der Waals surface area contributed by atoms with Crippen LogP contribution in [0.25, 0.3) is 0 Å². The van der Waals surface area contributed by atoms with Crippen LogP contribution in [0.4, 0.5) is 5.00 Å². The fraction of sp³-hybridized carbons (Fsp3) is 0.368. The summed E-state index contributed by atoms with van der Waals surface area (Å²) < 4.78 is 10.6. The topological polar surface area (TPSA) is 64.6 Å². The highest BCUT2D eigenvalue weighted by Gasteiger charge is 2.19. The highest BCUT2D eigenvalue weighted by atomic mass is 32.1. The molecule has 1 amide bonds. The van der Waals surface area contributed by atoms with Gasteiger partial charge in [0.2, 0.25) is 0 Å². The molecule has 5 nitrogen and oxygen atoms in total. The average Bonchev–Trinajstić information content (AvgIpc) is 2.97. The molecule has 1 aromatic carbocycles. The predicted octanol–water partition coefficient (Wildman–Crippen LogP) is 4.12. The second-order valence-corrected chi connectivity index (χ2v) is 6.77. The van der Waals surface area contributed by atoms with Gasteiger partial charge in [-0.2, -0.15) is 0 Å². The SMILES string of the molecule is CCOC(=O)c1cc(CC)sc1NC(=O)COc1ccc(C)cc1C. The van der Waals surface area contributed by atoms with Gasteiger partial charge in [0.15, 0.2) is 6.61 Å². The lowest BCUT2D eigenvalue weighted by Crippen LogP contribution is -2.21. The molecule has 25 heavy (non-hydrogen) atoms. The minimum atomic E-state index is -0.427. The van der Waals surface area contributed by atoms with Crippen LogP contribution in [0.3, 0.4) is 0 Å². The van der Waals surface area contributed by atoms with E-state index >= 15 is 0 Å². The summed E-state index contributed by atoms with van der Waals surface area (Å²) >= 11 is 1.38. The van der Waals surface area contributed by atoms with Crippen LogP contribution < -0.4 is 10.1 Å². The number of anilines is 1. The van der Waals surface area contributed by atoms with Crippen molar-refractivity contribution < 1.29 is 19.1 Å². The quantitative estimate of drug-likeness (QED) is 0.754. The molecular formula is C19H23NO4S. The Hall–Kier alpha value is -2.34. The summed E-state index contributed by atoms with van der Waals surface area (Å²) in [7, 11) is 0. The van der Waals surface area contributed by atoms with Crippen molar-refractivity contribution >= 4 is 28.2 Å². The van der Waals surface area contributed by atoms with Gasteiger partial charge in [-0.1, -0.05) is 24.6 Å². The molecule has 0 aliphatic heterocycles. The first-order chi connectivity index (χ1) is 11.9. The largest absolute Gasteiger partial charge is 0.483 e. The third-order valence-corrected chi connectivity index (χ3v) is 4.76. The summed E-state index contributed by atoms with van der Waals surface area (Å²) in [5.41, 5.74) is 2.51. The lowest BCUT2D eigenvalue weighted by Gasteiger charge is -2.10. The first-order valence-corrected chi connectivity index (χ1v) is 9.06. The van der Waals surface area contributed by atoms with Crippen molar-refractivity contribution in [3.05, 3.63) is 45.8 Å². The Kier molecular flexibility index (Phi) is 6.58. The van der Waals surface area contributed by atoms with Gasteiger partial charge in [0, 0.05) is 4.88 Å². The number of hydrogen-bond acceptors (Lipinski definition) is 5. The van der Waals surface area contributed by atoms with Gasteiger partial charge < -0.3 is 14.8 Å². The summed E-state index contributed by atoms with van der Waals surface area (Å²) in [6.45, 7) is 7.86. The first kappa shape index (κ1) is 19.0. The number of thiophene rings is 1. The molecular weight excluding hydrogens is 338 g/mol. The van der Waals surface area contributed by atoms with Crippen molar-refractivity contribution in [2.24, 2.45) is 0 Å². The second-order valence-electron chi connectivity index (χ2n) is 5.64. The van der Waals surface area contributed by atoms with Crippen molar-refractivity contribution in [3.63, 3.8) is 0 Å². The van der Waals surface area contributed by atoms with E-state index in [-0.39, 0.29) is 12.5 Å². The minimum Gasteiger partial charge on any atom is -0.483 e. The van der Waals surface area contributed by atoms with Crippen molar-refractivity contribution in [1.82, 2.24) is 0 Å². The fourth-order valence-corrected chi connectivity index (χ4v) is 3.34. The lowest BCUT2D eigenvalue weighted by molar-refractivity contribution is -0.118. The molecule has 0 atom stereocenters. The number of ether oxygens (including phenoxy) is 2. The van der Waals surface area contributed by atoms with Crippen LogP contribution in [0.2, 0.25) is 0 Å². The molecule has 134 valence electrons. The van der Waals surface area contributed by atoms with E-state index in [1.54, 1.807) is 13.0 Å². The molecule has 1 aromatic heterocycles. The number of hydrogen-bond donors (Lipinski definition) is 1. The van der Waals surface area contributed by atoms with Gasteiger partial charge in [-0.05, 0) is 44.9 Å². The number of aryl methyl sites for hydroxylation is 3. The van der Waals surface area contributed by atoms with Gasteiger partial charge >= 0.3 is 5.97 Å². The molecule has 0 unspecified atom stereocenters. The van der Waals surface area contributed by atoms with Gasteiger partial charge in [-0.3, -0.25) is 4.79 Å². The second kappa shape index (κ2) is 8.67. The van der Waals surface area contributed by atoms with E-state index in [2.05, 4.69) is 5.32 Å². The van der Waals surface area contributed by atoms with E-state index in [0.29, 0.717) is 22.9 Å². The summed E-state index contributed by atoms with van der Waals surface area (Å²) in [6.07, 6.45) is 0.784. The average molecular weight is 361 g/mol. The first-order valence-electron chi connectivity index (χ1n) is 8.24. The number of amides is 1. The number of rotatable bonds is 7. The summed E-state index contributed by atoms with van der Waals surface area (Å²) in [4.78, 5) is 25.3. The predicted molar refractivity (Wildman–Crippen MR) is 99.7 cm³/mol. The summed E-state index contributed by atoms with van der Waals surface area (Å²) in [6, 6.07) is 7.55. The Balaban J connectivity index is 2.04. The van der Waals surface area contributed by atoms with Crippen molar-refractivity contribution in [2.75, 3.05) is 18.5 Å². The molecule has 0 aliphatic carbocycles. The van der Waals surface area contributed by atoms with Crippen LogP contribution in [0.15, 0.2) is 24.3 Å². The van der Waals surface area contributed by atoms with Crippen LogP contribution >= 0.6 is 11.3 Å². The van der Waals surface area contributed by atoms with Crippen molar-refractivity contribution in [3.8, 4) is 5.75 Å². The Morgan fingerprint density at radius 1 is 1.16 bits per heavy atom. The van der Waals surface area contributed by atoms with E-state index < -0.39 is 5.97 Å². The van der Waals surface area contributed by atoms with E-state index in [9.17, 15) is 9.59 Å². The molecule has 1 N–H and O–H groups in total. The standard InChI is InChI=1S/C19H23NO4S/c1-5-14-10-15(19(22)23-6-2)18(25-14)20-17(21)11-24-16-8-7-12(3)9-13(16)4/h7-10H,5-6,11H2,1-4H3,(H,20,21). The third kappa shape index (κ3) is 5.06. The molecule has 6 heteroatoms. The maximum Gasteiger partial charge on any atom is 0.341 e. The summed E-state index contributed by atoms with van der Waals surface area (Å²) in [5.74, 6) is -0.0640. The van der Waals surface area contributed by atoms with E-state index in [1.165, 1.54) is 11.3 Å². The molecule has 0 bridgehead atoms. The monoisotopic (exact) mass is 361 g/mol. The zero-order chi connectivity index (χ0) is 18.4. The Morgan fingerprint density at radius 3 is 2.56 bits per heavy atom. The highest BCUT2D eigenvalue weighted by molar-refractivity contribution is 7.16. The van der Waals surface area contributed by atoms with Gasteiger partial charge in [0.1, 0.15) is 10.8 Å². The van der Waals surface area contributed by atoms with Gasteiger partial charge in [-0.15, -0.1) is 11.3 Å². The van der Waals surface area contributed by atoms with Crippen LogP contribution in [0.1, 0.15) is 40.2 Å². The maximum absolute atomic E-state index is 12.2. The van der Waals surface area contributed by atoms with Crippen LogP contribution in [0.5, 0.6) is 5.75 Å². The Bertz CT molecular complexity index is 767. The molecule has 0 spiro atoms. The maximum atomic E-state index is 12.2. The number of carbonyl (C=O) groups is 2. The zero-order valence-electron chi connectivity index (χ0n) is 15.0. The van der Waals surface area contributed by atoms with Gasteiger partial charge in [-0.25, -0.2) is 4.79 Å². The normalized spacial score (nSPS) is 10.4. The van der Waals surface area contributed by atoms with Crippen molar-refractivity contribution in [2.45, 2.75) is 34.1 Å². The smallest absolute Gasteiger partial charge is 0.341 e. The number of esters is 1. The molecule has 0 aliphatic rings. The van der Waals surface area contributed by atoms with E-state index in [4.69, 9.17) is 9.47 Å². The lowest BCUT2D eigenvalue weighted by atomic mass is 10.1. The number of carbonyl (C=O) groups excluding carboxylic acids is 2. The van der Waals surface area contributed by atoms with Gasteiger partial charge in [0.25, 0.3) is 5.91 Å². The zero-order valence-corrected chi connectivity index (χ0v) is 15.8. The number of benzene rings is 1. The molecule has 0 radical (unpaired) electrons. The molecule has 2 rings (SSSR count). The van der Waals surface area contributed by atoms with E-state index in [0.717, 1.165) is 22.4 Å². The Labute approximate surface area is 152 Å². The highest BCUT2D eigenvalue weighted by Crippen LogP contribution is 2.29. The van der Waals surface area contributed by atoms with E-state index in [1.807, 2.05) is 39.0 Å².